The predicted octanol–water partition coefficient (Wildman–Crippen LogP) is 4.77. The molecular formula is C26H29ClN2O4. The average Bonchev–Trinajstić information content (AvgIpc) is 2.82. The molecule has 1 aliphatic heterocycles. The molecule has 3 rings (SSSR count). The quantitative estimate of drug-likeness (QED) is 0.542. The van der Waals surface area contributed by atoms with Gasteiger partial charge in [-0.15, -0.1) is 0 Å². The third-order valence-corrected chi connectivity index (χ3v) is 5.90. The molecule has 6 nitrogen and oxygen atoms in total. The molecule has 174 valence electrons. The molecule has 0 fully saturated rings. The van der Waals surface area contributed by atoms with Gasteiger partial charge in [-0.05, 0) is 49.9 Å². The van der Waals surface area contributed by atoms with Crippen molar-refractivity contribution in [1.29, 1.82) is 0 Å². The van der Waals surface area contributed by atoms with E-state index in [0.717, 1.165) is 5.56 Å². The van der Waals surface area contributed by atoms with E-state index in [2.05, 4.69) is 5.32 Å². The molecule has 0 radical (unpaired) electrons. The largest absolute Gasteiger partial charge is 0.466 e. The Kier molecular flexibility index (Phi) is 8.31. The highest BCUT2D eigenvalue weighted by Crippen LogP contribution is 2.41. The Hall–Kier alpha value is -3.09. The number of methoxy groups -OCH3 is 1. The number of dihydropyridines is 1. The molecular weight excluding hydrogens is 440 g/mol. The molecule has 0 bridgehead atoms. The van der Waals surface area contributed by atoms with Crippen LogP contribution in [0.15, 0.2) is 77.1 Å². The summed E-state index contributed by atoms with van der Waals surface area (Å²) in [7, 11) is 1.32. The number of halogens is 1. The van der Waals surface area contributed by atoms with E-state index in [0.29, 0.717) is 46.0 Å². The molecule has 2 atom stereocenters. The van der Waals surface area contributed by atoms with Gasteiger partial charge in [0.25, 0.3) is 0 Å². The van der Waals surface area contributed by atoms with Gasteiger partial charge in [0.1, 0.15) is 0 Å². The Balaban J connectivity index is 2.07. The minimum Gasteiger partial charge on any atom is -0.466 e. The second-order valence-electron chi connectivity index (χ2n) is 7.81. The van der Waals surface area contributed by atoms with Crippen molar-refractivity contribution < 1.29 is 19.1 Å². The van der Waals surface area contributed by atoms with E-state index in [1.807, 2.05) is 36.4 Å². The summed E-state index contributed by atoms with van der Waals surface area (Å²) in [6.07, 6.45) is 1.09. The van der Waals surface area contributed by atoms with Gasteiger partial charge in [0, 0.05) is 22.5 Å². The number of benzene rings is 2. The zero-order valence-electron chi connectivity index (χ0n) is 19.1. The van der Waals surface area contributed by atoms with Crippen LogP contribution >= 0.6 is 11.6 Å². The van der Waals surface area contributed by atoms with Crippen LogP contribution in [-0.4, -0.2) is 25.7 Å². The van der Waals surface area contributed by atoms with Crippen molar-refractivity contribution in [3.8, 4) is 0 Å². The lowest BCUT2D eigenvalue weighted by Crippen LogP contribution is -2.33. The van der Waals surface area contributed by atoms with Crippen LogP contribution in [0.5, 0.6) is 0 Å². The Bertz CT molecular complexity index is 1080. The highest BCUT2D eigenvalue weighted by Gasteiger charge is 2.38. The van der Waals surface area contributed by atoms with Gasteiger partial charge in [0.15, 0.2) is 0 Å². The van der Waals surface area contributed by atoms with Gasteiger partial charge in [-0.25, -0.2) is 9.59 Å². The van der Waals surface area contributed by atoms with Gasteiger partial charge in [0.05, 0.1) is 30.8 Å². The average molecular weight is 469 g/mol. The van der Waals surface area contributed by atoms with E-state index in [1.54, 1.807) is 32.0 Å². The number of nitrogens with two attached hydrogens (primary N) is 1. The monoisotopic (exact) mass is 468 g/mol. The summed E-state index contributed by atoms with van der Waals surface area (Å²) in [5, 5.41) is 3.76. The maximum Gasteiger partial charge on any atom is 0.336 e. The Morgan fingerprint density at radius 1 is 1.09 bits per heavy atom. The number of nitrogens with one attached hydrogen (secondary N) is 1. The number of rotatable bonds is 8. The molecule has 2 aromatic carbocycles. The van der Waals surface area contributed by atoms with Crippen LogP contribution in [0, 0.1) is 0 Å². The van der Waals surface area contributed by atoms with Gasteiger partial charge in [-0.1, -0.05) is 54.1 Å². The molecule has 0 aliphatic carbocycles. The first-order valence-electron chi connectivity index (χ1n) is 10.9. The molecule has 2 aromatic rings. The summed E-state index contributed by atoms with van der Waals surface area (Å²) in [6, 6.07) is 16.7. The Labute approximate surface area is 199 Å². The lowest BCUT2D eigenvalue weighted by atomic mass is 9.79. The summed E-state index contributed by atoms with van der Waals surface area (Å²) in [5.41, 5.74) is 10.1. The molecule has 33 heavy (non-hydrogen) atoms. The van der Waals surface area contributed by atoms with Crippen molar-refractivity contribution in [1.82, 2.24) is 5.32 Å². The van der Waals surface area contributed by atoms with Crippen molar-refractivity contribution in [2.24, 2.45) is 5.73 Å². The van der Waals surface area contributed by atoms with Gasteiger partial charge in [0.2, 0.25) is 0 Å². The number of allylic oxidation sites excluding steroid dienone is 2. The molecule has 0 saturated heterocycles. The Morgan fingerprint density at radius 3 is 2.45 bits per heavy atom. The topological polar surface area (TPSA) is 90.6 Å². The predicted molar refractivity (Wildman–Crippen MR) is 128 cm³/mol. The first-order valence-corrected chi connectivity index (χ1v) is 11.3. The molecule has 0 saturated carbocycles. The molecule has 0 aromatic heterocycles. The van der Waals surface area contributed by atoms with Gasteiger partial charge < -0.3 is 20.5 Å². The zero-order valence-corrected chi connectivity index (χ0v) is 19.8. The summed E-state index contributed by atoms with van der Waals surface area (Å²) < 4.78 is 10.5. The number of carbonyl (C=O) groups is 2. The third kappa shape index (κ3) is 5.64. The maximum absolute atomic E-state index is 13.2. The maximum atomic E-state index is 13.2. The van der Waals surface area contributed by atoms with Crippen molar-refractivity contribution in [3.63, 3.8) is 0 Å². The minimum atomic E-state index is -0.681. The van der Waals surface area contributed by atoms with E-state index in [1.165, 1.54) is 7.11 Å². The van der Waals surface area contributed by atoms with E-state index in [9.17, 15) is 9.59 Å². The van der Waals surface area contributed by atoms with Crippen molar-refractivity contribution in [2.45, 2.75) is 38.6 Å². The van der Waals surface area contributed by atoms with Crippen LogP contribution < -0.4 is 11.1 Å². The molecule has 2 unspecified atom stereocenters. The standard InChI is InChI=1S/C26H29ClN2O4/c1-4-33-26(31)24-21(14-13-20(28)17-9-6-5-7-10-17)29-16(2)22(25(30)32-3)23(24)18-11-8-12-19(27)15-18/h5-12,15,20,23,29H,4,13-14,28H2,1-3H3. The highest BCUT2D eigenvalue weighted by atomic mass is 35.5. The number of carbonyl (C=O) groups excluding carboxylic acids is 2. The molecule has 7 heteroatoms. The molecule has 0 amide bonds. The van der Waals surface area contributed by atoms with Crippen LogP contribution in [0.3, 0.4) is 0 Å². The molecule has 1 heterocycles. The molecule has 3 N–H and O–H groups in total. The second kappa shape index (κ2) is 11.2. The summed E-state index contributed by atoms with van der Waals surface area (Å²) >= 11 is 6.26. The van der Waals surface area contributed by atoms with E-state index >= 15 is 0 Å². The van der Waals surface area contributed by atoms with Crippen molar-refractivity contribution in [2.75, 3.05) is 13.7 Å². The van der Waals surface area contributed by atoms with Crippen LogP contribution in [0.25, 0.3) is 0 Å². The second-order valence-corrected chi connectivity index (χ2v) is 8.25. The number of esters is 2. The normalized spacial score (nSPS) is 16.8. The lowest BCUT2D eigenvalue weighted by molar-refractivity contribution is -0.139. The number of ether oxygens (including phenoxy) is 2. The summed E-state index contributed by atoms with van der Waals surface area (Å²) in [5.74, 6) is -1.70. The number of hydrogen-bond donors (Lipinski definition) is 2. The van der Waals surface area contributed by atoms with E-state index < -0.39 is 17.9 Å². The summed E-state index contributed by atoms with van der Waals surface area (Å²) in [6.45, 7) is 3.75. The van der Waals surface area contributed by atoms with Crippen LogP contribution in [0.1, 0.15) is 49.8 Å². The van der Waals surface area contributed by atoms with Crippen LogP contribution in [-0.2, 0) is 19.1 Å². The lowest BCUT2D eigenvalue weighted by Gasteiger charge is -2.32. The van der Waals surface area contributed by atoms with Crippen LogP contribution in [0.4, 0.5) is 0 Å². The molecule has 0 spiro atoms. The smallest absolute Gasteiger partial charge is 0.336 e. The van der Waals surface area contributed by atoms with E-state index in [-0.39, 0.29) is 12.6 Å². The third-order valence-electron chi connectivity index (χ3n) is 5.66. The summed E-state index contributed by atoms with van der Waals surface area (Å²) in [4.78, 5) is 26.0. The minimum absolute atomic E-state index is 0.206. The van der Waals surface area contributed by atoms with Crippen molar-refractivity contribution in [3.05, 3.63) is 93.3 Å². The molecule has 1 aliphatic rings. The van der Waals surface area contributed by atoms with Crippen molar-refractivity contribution >= 4 is 23.5 Å². The van der Waals surface area contributed by atoms with Gasteiger partial charge in [-0.2, -0.15) is 0 Å². The van der Waals surface area contributed by atoms with Crippen LogP contribution in [0.2, 0.25) is 5.02 Å². The zero-order chi connectivity index (χ0) is 24.0. The highest BCUT2D eigenvalue weighted by molar-refractivity contribution is 6.30. The first kappa shape index (κ1) is 24.6. The first-order chi connectivity index (χ1) is 15.9. The van der Waals surface area contributed by atoms with E-state index in [4.69, 9.17) is 26.8 Å². The SMILES string of the molecule is CCOC(=O)C1=C(CCC(N)c2ccccc2)NC(C)=C(C(=O)OC)C1c1cccc(Cl)c1. The van der Waals surface area contributed by atoms with Gasteiger partial charge >= 0.3 is 11.9 Å². The fourth-order valence-corrected chi connectivity index (χ4v) is 4.31. The fraction of sp³-hybridized carbons (Fsp3) is 0.308. The Morgan fingerprint density at radius 2 is 1.82 bits per heavy atom. The number of hydrogen-bond acceptors (Lipinski definition) is 6. The fourth-order valence-electron chi connectivity index (χ4n) is 4.11. The van der Waals surface area contributed by atoms with Gasteiger partial charge in [-0.3, -0.25) is 0 Å².